The minimum Gasteiger partial charge on any atom is -0.356 e. The van der Waals surface area contributed by atoms with Crippen LogP contribution in [0.15, 0.2) is 24.3 Å². The van der Waals surface area contributed by atoms with Crippen molar-refractivity contribution in [2.45, 2.75) is 31.6 Å². The zero-order valence-electron chi connectivity index (χ0n) is 11.7. The first-order valence-electron chi connectivity index (χ1n) is 7.38. The van der Waals surface area contributed by atoms with Gasteiger partial charge in [0.25, 0.3) is 0 Å². The summed E-state index contributed by atoms with van der Waals surface area (Å²) in [6, 6.07) is 8.60. The molecule has 0 radical (unpaired) electrons. The summed E-state index contributed by atoms with van der Waals surface area (Å²) < 4.78 is 0. The molecule has 1 aromatic carbocycles. The number of rotatable bonds is 4. The Morgan fingerprint density at radius 1 is 1.30 bits per heavy atom. The molecule has 0 bridgehead atoms. The van der Waals surface area contributed by atoms with Crippen molar-refractivity contribution in [1.29, 1.82) is 0 Å². The lowest BCUT2D eigenvalue weighted by molar-refractivity contribution is -0.121. The molecule has 1 saturated heterocycles. The van der Waals surface area contributed by atoms with Gasteiger partial charge in [0.1, 0.15) is 0 Å². The lowest BCUT2D eigenvalue weighted by Crippen LogP contribution is -2.48. The first kappa shape index (κ1) is 15.3. The maximum absolute atomic E-state index is 12.0. The van der Waals surface area contributed by atoms with Crippen LogP contribution < -0.4 is 10.6 Å². The molecule has 2 N–H and O–H groups in total. The minimum atomic E-state index is 0. The lowest BCUT2D eigenvalue weighted by Gasteiger charge is -2.28. The van der Waals surface area contributed by atoms with Gasteiger partial charge in [0, 0.05) is 32.0 Å². The standard InChI is InChI=1S/C16H22N2O.ClH/c19-16(18-11-12-9-17-10-12)8-14-6-3-5-13-4-1-2-7-15(13)14;/h1-2,4,7,12,14,17H,3,5-6,8-11H2,(H,18,19);1H. The molecule has 1 aliphatic carbocycles. The van der Waals surface area contributed by atoms with Gasteiger partial charge in [-0.15, -0.1) is 12.4 Å². The summed E-state index contributed by atoms with van der Waals surface area (Å²) in [5.74, 6) is 1.28. The molecule has 110 valence electrons. The number of hydrogen-bond donors (Lipinski definition) is 2. The Morgan fingerprint density at radius 3 is 2.85 bits per heavy atom. The molecule has 1 heterocycles. The smallest absolute Gasteiger partial charge is 0.220 e. The lowest BCUT2D eigenvalue weighted by atomic mass is 9.81. The van der Waals surface area contributed by atoms with Crippen LogP contribution in [0, 0.1) is 5.92 Å². The van der Waals surface area contributed by atoms with Gasteiger partial charge in [0.2, 0.25) is 5.91 Å². The third kappa shape index (κ3) is 3.53. The van der Waals surface area contributed by atoms with E-state index in [1.54, 1.807) is 0 Å². The van der Waals surface area contributed by atoms with Crippen LogP contribution in [0.25, 0.3) is 0 Å². The molecule has 1 atom stereocenters. The fraction of sp³-hybridized carbons (Fsp3) is 0.562. The number of hydrogen-bond acceptors (Lipinski definition) is 2. The first-order chi connectivity index (χ1) is 9.33. The van der Waals surface area contributed by atoms with Crippen molar-refractivity contribution in [2.24, 2.45) is 5.92 Å². The molecule has 1 fully saturated rings. The fourth-order valence-electron chi connectivity index (χ4n) is 3.11. The Labute approximate surface area is 126 Å². The van der Waals surface area contributed by atoms with Crippen molar-refractivity contribution in [1.82, 2.24) is 10.6 Å². The van der Waals surface area contributed by atoms with Gasteiger partial charge >= 0.3 is 0 Å². The highest BCUT2D eigenvalue weighted by Crippen LogP contribution is 2.33. The molecular formula is C16H23ClN2O. The molecule has 3 nitrogen and oxygen atoms in total. The fourth-order valence-corrected chi connectivity index (χ4v) is 3.11. The largest absolute Gasteiger partial charge is 0.356 e. The Bertz CT molecular complexity index is 460. The van der Waals surface area contributed by atoms with Crippen LogP contribution in [0.1, 0.15) is 36.3 Å². The second kappa shape index (κ2) is 7.09. The van der Waals surface area contributed by atoms with Crippen molar-refractivity contribution < 1.29 is 4.79 Å². The van der Waals surface area contributed by atoms with Gasteiger partial charge in [-0.25, -0.2) is 0 Å². The third-order valence-electron chi connectivity index (χ3n) is 4.38. The van der Waals surface area contributed by atoms with Crippen molar-refractivity contribution in [3.63, 3.8) is 0 Å². The highest BCUT2D eigenvalue weighted by atomic mass is 35.5. The summed E-state index contributed by atoms with van der Waals surface area (Å²) in [6.45, 7) is 2.93. The van der Waals surface area contributed by atoms with Gasteiger partial charge in [0.05, 0.1) is 0 Å². The van der Waals surface area contributed by atoms with Gasteiger partial charge in [-0.3, -0.25) is 4.79 Å². The van der Waals surface area contributed by atoms with Crippen LogP contribution in [-0.2, 0) is 11.2 Å². The SMILES string of the molecule is Cl.O=C(CC1CCCc2ccccc21)NCC1CNC1. The monoisotopic (exact) mass is 294 g/mol. The van der Waals surface area contributed by atoms with Crippen LogP contribution in [0.3, 0.4) is 0 Å². The van der Waals surface area contributed by atoms with E-state index in [1.807, 2.05) is 0 Å². The Morgan fingerprint density at radius 2 is 2.10 bits per heavy atom. The van der Waals surface area contributed by atoms with E-state index in [1.165, 1.54) is 24.0 Å². The van der Waals surface area contributed by atoms with E-state index in [2.05, 4.69) is 34.9 Å². The normalized spacial score (nSPS) is 21.3. The van der Waals surface area contributed by atoms with E-state index in [4.69, 9.17) is 0 Å². The molecule has 1 aliphatic heterocycles. The number of halogens is 1. The maximum atomic E-state index is 12.0. The van der Waals surface area contributed by atoms with E-state index >= 15 is 0 Å². The van der Waals surface area contributed by atoms with E-state index in [9.17, 15) is 4.79 Å². The number of carbonyl (C=O) groups is 1. The second-order valence-corrected chi connectivity index (χ2v) is 5.82. The van der Waals surface area contributed by atoms with Crippen molar-refractivity contribution >= 4 is 18.3 Å². The molecule has 4 heteroatoms. The predicted molar refractivity (Wildman–Crippen MR) is 83.4 cm³/mol. The Kier molecular flexibility index (Phi) is 5.44. The summed E-state index contributed by atoms with van der Waals surface area (Å²) in [5.41, 5.74) is 2.84. The van der Waals surface area contributed by atoms with Gasteiger partial charge < -0.3 is 10.6 Å². The van der Waals surface area contributed by atoms with Gasteiger partial charge in [0.15, 0.2) is 0 Å². The first-order valence-corrected chi connectivity index (χ1v) is 7.38. The number of nitrogens with one attached hydrogen (secondary N) is 2. The van der Waals surface area contributed by atoms with Crippen LogP contribution in [0.4, 0.5) is 0 Å². The van der Waals surface area contributed by atoms with Crippen molar-refractivity contribution in [3.05, 3.63) is 35.4 Å². The summed E-state index contributed by atoms with van der Waals surface area (Å²) in [6.07, 6.45) is 4.18. The van der Waals surface area contributed by atoms with Crippen LogP contribution in [0.2, 0.25) is 0 Å². The quantitative estimate of drug-likeness (QED) is 0.894. The summed E-state index contributed by atoms with van der Waals surface area (Å²) in [5, 5.41) is 6.31. The Hall–Kier alpha value is -1.06. The minimum absolute atomic E-state index is 0. The maximum Gasteiger partial charge on any atom is 0.220 e. The average molecular weight is 295 g/mol. The van der Waals surface area contributed by atoms with Gasteiger partial charge in [-0.2, -0.15) is 0 Å². The van der Waals surface area contributed by atoms with Crippen LogP contribution >= 0.6 is 12.4 Å². The number of fused-ring (bicyclic) bond motifs is 1. The van der Waals surface area contributed by atoms with E-state index in [0.29, 0.717) is 18.3 Å². The number of benzene rings is 1. The topological polar surface area (TPSA) is 41.1 Å². The van der Waals surface area contributed by atoms with Gasteiger partial charge in [-0.05, 0) is 36.3 Å². The summed E-state index contributed by atoms with van der Waals surface area (Å²) >= 11 is 0. The molecular weight excluding hydrogens is 272 g/mol. The highest BCUT2D eigenvalue weighted by molar-refractivity contribution is 5.85. The van der Waals surface area contributed by atoms with E-state index in [-0.39, 0.29) is 18.3 Å². The highest BCUT2D eigenvalue weighted by Gasteiger charge is 2.23. The predicted octanol–water partition coefficient (Wildman–Crippen LogP) is 2.25. The number of aryl methyl sites for hydroxylation is 1. The number of carbonyl (C=O) groups excluding carboxylic acids is 1. The molecule has 0 aromatic heterocycles. The third-order valence-corrected chi connectivity index (χ3v) is 4.38. The molecule has 1 unspecified atom stereocenters. The average Bonchev–Trinajstić information content (AvgIpc) is 2.37. The molecule has 20 heavy (non-hydrogen) atoms. The van der Waals surface area contributed by atoms with Gasteiger partial charge in [-0.1, -0.05) is 24.3 Å². The zero-order valence-corrected chi connectivity index (χ0v) is 12.5. The Balaban J connectivity index is 0.00000147. The summed E-state index contributed by atoms with van der Waals surface area (Å²) in [4.78, 5) is 12.0. The van der Waals surface area contributed by atoms with Crippen molar-refractivity contribution in [2.75, 3.05) is 19.6 Å². The molecule has 3 rings (SSSR count). The second-order valence-electron chi connectivity index (χ2n) is 5.82. The van der Waals surface area contributed by atoms with Crippen molar-refractivity contribution in [3.8, 4) is 0 Å². The zero-order chi connectivity index (χ0) is 13.1. The van der Waals surface area contributed by atoms with E-state index in [0.717, 1.165) is 26.1 Å². The molecule has 0 spiro atoms. The summed E-state index contributed by atoms with van der Waals surface area (Å²) in [7, 11) is 0. The number of amides is 1. The molecule has 1 amide bonds. The van der Waals surface area contributed by atoms with E-state index < -0.39 is 0 Å². The molecule has 0 saturated carbocycles. The van der Waals surface area contributed by atoms with Crippen LogP contribution in [0.5, 0.6) is 0 Å². The molecule has 2 aliphatic rings. The molecule has 1 aromatic rings. The van der Waals surface area contributed by atoms with Crippen LogP contribution in [-0.4, -0.2) is 25.5 Å².